The number of aliphatic hydroxyl groups is 1. The van der Waals surface area contributed by atoms with E-state index in [1.165, 1.54) is 0 Å². The molecule has 0 fully saturated rings. The number of aliphatic hydroxyl groups excluding tert-OH is 1. The van der Waals surface area contributed by atoms with Gasteiger partial charge in [0.05, 0.1) is 12.4 Å². The molecule has 2 rings (SSSR count). The van der Waals surface area contributed by atoms with Crippen LogP contribution in [0, 0.1) is 5.92 Å². The van der Waals surface area contributed by atoms with Crippen molar-refractivity contribution in [2.45, 2.75) is 38.4 Å². The molecule has 0 saturated carbocycles. The van der Waals surface area contributed by atoms with Crippen LogP contribution >= 0.6 is 0 Å². The molecule has 1 aromatic carbocycles. The lowest BCUT2D eigenvalue weighted by Gasteiger charge is -2.03. The Balaban J connectivity index is 2.02. The Morgan fingerprint density at radius 3 is 2.36 bits per heavy atom. The fourth-order valence-corrected chi connectivity index (χ4v) is 3.33. The van der Waals surface area contributed by atoms with Gasteiger partial charge in [-0.15, -0.1) is 0 Å². The quantitative estimate of drug-likeness (QED) is 0.836. The molecule has 0 aliphatic rings. The van der Waals surface area contributed by atoms with Gasteiger partial charge < -0.3 is 9.63 Å². The van der Waals surface area contributed by atoms with E-state index in [1.54, 1.807) is 24.3 Å². The van der Waals surface area contributed by atoms with Crippen molar-refractivity contribution in [3.63, 3.8) is 0 Å². The first-order valence-electron chi connectivity index (χ1n) is 7.08. The van der Waals surface area contributed by atoms with E-state index in [9.17, 15) is 8.42 Å². The van der Waals surface area contributed by atoms with Gasteiger partial charge in [0.15, 0.2) is 15.7 Å². The number of hydrogen-bond donors (Lipinski definition) is 1. The molecular weight excluding hydrogens is 304 g/mol. The van der Waals surface area contributed by atoms with Crippen molar-refractivity contribution in [2.75, 3.05) is 0 Å². The third-order valence-corrected chi connectivity index (χ3v) is 4.50. The summed E-state index contributed by atoms with van der Waals surface area (Å²) in [6.07, 6.45) is 0.659. The zero-order valence-electron chi connectivity index (χ0n) is 12.7. The van der Waals surface area contributed by atoms with E-state index in [0.717, 1.165) is 5.56 Å². The third kappa shape index (κ3) is 4.92. The standard InChI is InChI=1S/C15H20N2O4S/c1-11(2)7-14-16-15(21-17-14)10-22(19,20)9-13-5-3-12(8-18)4-6-13/h3-6,11,18H,7-10H2,1-2H3. The molecule has 0 aliphatic heterocycles. The number of benzene rings is 1. The highest BCUT2D eigenvalue weighted by molar-refractivity contribution is 7.89. The molecule has 0 saturated heterocycles. The first-order valence-corrected chi connectivity index (χ1v) is 8.90. The van der Waals surface area contributed by atoms with E-state index < -0.39 is 9.84 Å². The van der Waals surface area contributed by atoms with E-state index in [4.69, 9.17) is 9.63 Å². The summed E-state index contributed by atoms with van der Waals surface area (Å²) in [5.41, 5.74) is 1.41. The van der Waals surface area contributed by atoms with E-state index in [1.807, 2.05) is 13.8 Å². The maximum atomic E-state index is 12.2. The van der Waals surface area contributed by atoms with Gasteiger partial charge in [0.25, 0.3) is 0 Å². The molecule has 6 nitrogen and oxygen atoms in total. The van der Waals surface area contributed by atoms with Crippen LogP contribution in [-0.2, 0) is 34.4 Å². The van der Waals surface area contributed by atoms with Gasteiger partial charge in [-0.2, -0.15) is 4.98 Å². The van der Waals surface area contributed by atoms with Crippen LogP contribution in [0.15, 0.2) is 28.8 Å². The summed E-state index contributed by atoms with van der Waals surface area (Å²) >= 11 is 0. The van der Waals surface area contributed by atoms with Crippen LogP contribution in [0.3, 0.4) is 0 Å². The Kier molecular flexibility index (Phi) is 5.31. The number of nitrogens with zero attached hydrogens (tertiary/aromatic N) is 2. The third-order valence-electron chi connectivity index (χ3n) is 3.04. The van der Waals surface area contributed by atoms with Gasteiger partial charge in [-0.3, -0.25) is 0 Å². The molecule has 0 amide bonds. The minimum Gasteiger partial charge on any atom is -0.392 e. The Hall–Kier alpha value is -1.73. The summed E-state index contributed by atoms with van der Waals surface area (Å²) in [5, 5.41) is 12.8. The number of rotatable bonds is 7. The molecule has 0 radical (unpaired) electrons. The van der Waals surface area contributed by atoms with Crippen molar-refractivity contribution in [3.8, 4) is 0 Å². The molecule has 7 heteroatoms. The first-order chi connectivity index (χ1) is 10.4. The Labute approximate surface area is 130 Å². The fourth-order valence-electron chi connectivity index (χ4n) is 2.03. The van der Waals surface area contributed by atoms with Crippen LogP contribution in [0.1, 0.15) is 36.7 Å². The van der Waals surface area contributed by atoms with Crippen molar-refractivity contribution in [3.05, 3.63) is 47.1 Å². The summed E-state index contributed by atoms with van der Waals surface area (Å²) in [4.78, 5) is 4.11. The Morgan fingerprint density at radius 1 is 1.14 bits per heavy atom. The van der Waals surface area contributed by atoms with Crippen molar-refractivity contribution < 1.29 is 18.0 Å². The highest BCUT2D eigenvalue weighted by atomic mass is 32.2. The summed E-state index contributed by atoms with van der Waals surface area (Å²) in [6.45, 7) is 4.00. The summed E-state index contributed by atoms with van der Waals surface area (Å²) in [6, 6.07) is 6.80. The molecule has 0 bridgehead atoms. The van der Waals surface area contributed by atoms with Gasteiger partial charge in [-0.25, -0.2) is 8.42 Å². The predicted octanol–water partition coefficient (Wildman–Crippen LogP) is 1.88. The van der Waals surface area contributed by atoms with Crippen molar-refractivity contribution in [2.24, 2.45) is 5.92 Å². The number of aromatic nitrogens is 2. The van der Waals surface area contributed by atoms with Crippen LogP contribution in [-0.4, -0.2) is 23.7 Å². The van der Waals surface area contributed by atoms with Crippen LogP contribution < -0.4 is 0 Å². The summed E-state index contributed by atoms with van der Waals surface area (Å²) < 4.78 is 29.4. The van der Waals surface area contributed by atoms with Crippen LogP contribution in [0.25, 0.3) is 0 Å². The molecule has 120 valence electrons. The second-order valence-corrected chi connectivity index (χ2v) is 7.77. The monoisotopic (exact) mass is 324 g/mol. The maximum Gasteiger partial charge on any atom is 0.241 e. The van der Waals surface area contributed by atoms with Gasteiger partial charge in [-0.1, -0.05) is 43.3 Å². The smallest absolute Gasteiger partial charge is 0.241 e. The normalized spacial score (nSPS) is 12.0. The molecule has 1 heterocycles. The second kappa shape index (κ2) is 7.02. The molecule has 0 aliphatic carbocycles. The molecule has 0 unspecified atom stereocenters. The fraction of sp³-hybridized carbons (Fsp3) is 0.467. The lowest BCUT2D eigenvalue weighted by atomic mass is 10.1. The topological polar surface area (TPSA) is 93.3 Å². The van der Waals surface area contributed by atoms with E-state index >= 15 is 0 Å². The molecule has 1 N–H and O–H groups in total. The summed E-state index contributed by atoms with van der Waals surface area (Å²) in [5.74, 6) is 0.683. The minimum absolute atomic E-state index is 0.0619. The van der Waals surface area contributed by atoms with Crippen LogP contribution in [0.5, 0.6) is 0 Å². The van der Waals surface area contributed by atoms with Crippen molar-refractivity contribution in [1.29, 1.82) is 0 Å². The first kappa shape index (κ1) is 16.6. The molecule has 0 spiro atoms. The second-order valence-electron chi connectivity index (χ2n) is 5.71. The predicted molar refractivity (Wildman–Crippen MR) is 81.5 cm³/mol. The van der Waals surface area contributed by atoms with Gasteiger partial charge in [0.1, 0.15) is 5.75 Å². The zero-order chi connectivity index (χ0) is 16.2. The van der Waals surface area contributed by atoms with Crippen molar-refractivity contribution >= 4 is 9.84 Å². The largest absolute Gasteiger partial charge is 0.392 e. The lowest BCUT2D eigenvalue weighted by Crippen LogP contribution is -2.08. The van der Waals surface area contributed by atoms with Gasteiger partial charge in [-0.05, 0) is 17.0 Å². The van der Waals surface area contributed by atoms with Crippen LogP contribution in [0.2, 0.25) is 0 Å². The van der Waals surface area contributed by atoms with Gasteiger partial charge in [0.2, 0.25) is 5.89 Å². The Morgan fingerprint density at radius 2 is 1.77 bits per heavy atom. The summed E-state index contributed by atoms with van der Waals surface area (Å²) in [7, 11) is -3.38. The molecule has 2 aromatic rings. The zero-order valence-corrected chi connectivity index (χ0v) is 13.5. The van der Waals surface area contributed by atoms with Gasteiger partial charge in [0, 0.05) is 6.42 Å². The molecule has 0 atom stereocenters. The van der Waals surface area contributed by atoms with Crippen molar-refractivity contribution in [1.82, 2.24) is 10.1 Å². The maximum absolute atomic E-state index is 12.2. The lowest BCUT2D eigenvalue weighted by molar-refractivity contribution is 0.282. The van der Waals surface area contributed by atoms with E-state index in [-0.39, 0.29) is 24.0 Å². The van der Waals surface area contributed by atoms with Gasteiger partial charge >= 0.3 is 0 Å². The average Bonchev–Trinajstić information content (AvgIpc) is 2.84. The highest BCUT2D eigenvalue weighted by Crippen LogP contribution is 2.13. The molecular formula is C15H20N2O4S. The average molecular weight is 324 g/mol. The number of hydrogen-bond acceptors (Lipinski definition) is 6. The SMILES string of the molecule is CC(C)Cc1noc(CS(=O)(=O)Cc2ccc(CO)cc2)n1. The molecule has 1 aromatic heterocycles. The minimum atomic E-state index is -3.38. The van der Waals surface area contributed by atoms with E-state index in [2.05, 4.69) is 10.1 Å². The van der Waals surface area contributed by atoms with E-state index in [0.29, 0.717) is 23.7 Å². The number of sulfone groups is 1. The van der Waals surface area contributed by atoms with Crippen LogP contribution in [0.4, 0.5) is 0 Å². The highest BCUT2D eigenvalue weighted by Gasteiger charge is 2.18. The Bertz CT molecular complexity index is 705. The molecule has 22 heavy (non-hydrogen) atoms.